The summed E-state index contributed by atoms with van der Waals surface area (Å²) < 4.78 is 5.41. The molecule has 0 amide bonds. The van der Waals surface area contributed by atoms with Crippen molar-refractivity contribution in [2.75, 3.05) is 12.8 Å². The number of hydrogen-bond donors (Lipinski definition) is 1. The number of nitrogens with zero attached hydrogens (tertiary/aromatic N) is 1. The first-order valence-corrected chi connectivity index (χ1v) is 7.47. The lowest BCUT2D eigenvalue weighted by atomic mass is 10.2. The highest BCUT2D eigenvalue weighted by Crippen LogP contribution is 2.38. The molecule has 3 nitrogen and oxygen atoms in total. The zero-order valence-electron chi connectivity index (χ0n) is 12.0. The van der Waals surface area contributed by atoms with Gasteiger partial charge in [-0.05, 0) is 31.2 Å². The van der Waals surface area contributed by atoms with Crippen LogP contribution in [0.25, 0.3) is 10.9 Å². The third-order valence-electron chi connectivity index (χ3n) is 3.25. The molecule has 0 aliphatic heterocycles. The molecule has 1 heterocycles. The lowest BCUT2D eigenvalue weighted by Gasteiger charge is -2.11. The summed E-state index contributed by atoms with van der Waals surface area (Å²) in [6, 6.07) is 15.9. The SMILES string of the molecule is COc1cccc2c(Sc3ccccc3N)cc(C)nc12. The van der Waals surface area contributed by atoms with Crippen molar-refractivity contribution in [3.05, 3.63) is 54.2 Å². The van der Waals surface area contributed by atoms with Gasteiger partial charge in [-0.25, -0.2) is 4.98 Å². The predicted molar refractivity (Wildman–Crippen MR) is 88.0 cm³/mol. The summed E-state index contributed by atoms with van der Waals surface area (Å²) in [5.41, 5.74) is 8.68. The Morgan fingerprint density at radius 2 is 1.86 bits per heavy atom. The van der Waals surface area contributed by atoms with E-state index < -0.39 is 0 Å². The first kappa shape index (κ1) is 13.8. The summed E-state index contributed by atoms with van der Waals surface area (Å²) in [5, 5.41) is 1.08. The number of anilines is 1. The Labute approximate surface area is 128 Å². The number of ether oxygens (including phenoxy) is 1. The first-order chi connectivity index (χ1) is 10.2. The molecule has 0 aliphatic carbocycles. The van der Waals surface area contributed by atoms with Gasteiger partial charge in [0.05, 0.1) is 7.11 Å². The number of benzene rings is 2. The average molecular weight is 296 g/mol. The van der Waals surface area contributed by atoms with Gasteiger partial charge in [-0.1, -0.05) is 36.0 Å². The van der Waals surface area contributed by atoms with E-state index >= 15 is 0 Å². The minimum atomic E-state index is 0.785. The quantitative estimate of drug-likeness (QED) is 0.733. The zero-order chi connectivity index (χ0) is 14.8. The molecule has 0 saturated carbocycles. The molecule has 0 saturated heterocycles. The second kappa shape index (κ2) is 5.66. The van der Waals surface area contributed by atoms with E-state index in [-0.39, 0.29) is 0 Å². The molecule has 4 heteroatoms. The Morgan fingerprint density at radius 3 is 2.62 bits per heavy atom. The summed E-state index contributed by atoms with van der Waals surface area (Å²) in [7, 11) is 1.67. The third-order valence-corrected chi connectivity index (χ3v) is 4.40. The maximum atomic E-state index is 6.05. The van der Waals surface area contributed by atoms with Crippen LogP contribution in [0.15, 0.2) is 58.3 Å². The van der Waals surface area contributed by atoms with Gasteiger partial charge in [0.15, 0.2) is 0 Å². The molecule has 0 aliphatic rings. The number of para-hydroxylation sites is 2. The molecule has 1 aromatic heterocycles. The van der Waals surface area contributed by atoms with Crippen molar-refractivity contribution in [1.82, 2.24) is 4.98 Å². The number of fused-ring (bicyclic) bond motifs is 1. The molecule has 3 rings (SSSR count). The van der Waals surface area contributed by atoms with Gasteiger partial charge in [0, 0.05) is 26.6 Å². The number of nitrogen functional groups attached to an aromatic ring is 1. The number of pyridine rings is 1. The standard InChI is InChI=1S/C17H16N2OS/c1-11-10-16(21-15-9-4-3-7-13(15)18)12-6-5-8-14(20-2)17(12)19-11/h3-10H,18H2,1-2H3. The van der Waals surface area contributed by atoms with Gasteiger partial charge in [-0.15, -0.1) is 0 Å². The second-order valence-corrected chi connectivity index (χ2v) is 5.84. The topological polar surface area (TPSA) is 48.1 Å². The van der Waals surface area contributed by atoms with E-state index in [9.17, 15) is 0 Å². The molecule has 2 N–H and O–H groups in total. The number of hydrogen-bond acceptors (Lipinski definition) is 4. The molecular formula is C17H16N2OS. The van der Waals surface area contributed by atoms with Crippen LogP contribution in [0.3, 0.4) is 0 Å². The minimum absolute atomic E-state index is 0.785. The van der Waals surface area contributed by atoms with Crippen LogP contribution in [-0.2, 0) is 0 Å². The maximum absolute atomic E-state index is 6.05. The lowest BCUT2D eigenvalue weighted by molar-refractivity contribution is 0.419. The molecule has 0 atom stereocenters. The average Bonchev–Trinajstić information content (AvgIpc) is 2.49. The van der Waals surface area contributed by atoms with E-state index in [0.717, 1.165) is 37.8 Å². The lowest BCUT2D eigenvalue weighted by Crippen LogP contribution is -1.92. The van der Waals surface area contributed by atoms with Gasteiger partial charge < -0.3 is 10.5 Å². The van der Waals surface area contributed by atoms with Crippen LogP contribution >= 0.6 is 11.8 Å². The highest BCUT2D eigenvalue weighted by atomic mass is 32.2. The van der Waals surface area contributed by atoms with Crippen molar-refractivity contribution in [3.63, 3.8) is 0 Å². The van der Waals surface area contributed by atoms with Crippen molar-refractivity contribution in [2.24, 2.45) is 0 Å². The molecule has 0 fully saturated rings. The Kier molecular flexibility index (Phi) is 3.71. The number of methoxy groups -OCH3 is 1. The summed E-state index contributed by atoms with van der Waals surface area (Å²) in [6.07, 6.45) is 0. The van der Waals surface area contributed by atoms with Gasteiger partial charge in [0.2, 0.25) is 0 Å². The maximum Gasteiger partial charge on any atom is 0.145 e. The predicted octanol–water partition coefficient (Wildman–Crippen LogP) is 4.29. The van der Waals surface area contributed by atoms with E-state index in [1.807, 2.05) is 43.3 Å². The fraction of sp³-hybridized carbons (Fsp3) is 0.118. The molecule has 106 valence electrons. The third kappa shape index (κ3) is 2.67. The number of aryl methyl sites for hydroxylation is 1. The van der Waals surface area contributed by atoms with Crippen molar-refractivity contribution < 1.29 is 4.74 Å². The van der Waals surface area contributed by atoms with Crippen LogP contribution in [0.2, 0.25) is 0 Å². The van der Waals surface area contributed by atoms with Crippen LogP contribution in [0.4, 0.5) is 5.69 Å². The molecule has 0 spiro atoms. The van der Waals surface area contributed by atoms with Crippen molar-refractivity contribution in [2.45, 2.75) is 16.7 Å². The van der Waals surface area contributed by atoms with E-state index in [2.05, 4.69) is 17.1 Å². The van der Waals surface area contributed by atoms with Gasteiger partial charge in [0.1, 0.15) is 11.3 Å². The molecule has 21 heavy (non-hydrogen) atoms. The van der Waals surface area contributed by atoms with E-state index in [0.29, 0.717) is 0 Å². The number of rotatable bonds is 3. The Bertz CT molecular complexity index is 802. The van der Waals surface area contributed by atoms with Gasteiger partial charge in [-0.2, -0.15) is 0 Å². The van der Waals surface area contributed by atoms with E-state index in [1.165, 1.54) is 0 Å². The van der Waals surface area contributed by atoms with Gasteiger partial charge in [-0.3, -0.25) is 0 Å². The van der Waals surface area contributed by atoms with E-state index in [1.54, 1.807) is 18.9 Å². The first-order valence-electron chi connectivity index (χ1n) is 6.66. The van der Waals surface area contributed by atoms with Crippen molar-refractivity contribution >= 4 is 28.4 Å². The monoisotopic (exact) mass is 296 g/mol. The van der Waals surface area contributed by atoms with Gasteiger partial charge in [0.25, 0.3) is 0 Å². The molecule has 2 aromatic carbocycles. The molecule has 0 unspecified atom stereocenters. The molecular weight excluding hydrogens is 280 g/mol. The highest BCUT2D eigenvalue weighted by molar-refractivity contribution is 7.99. The Hall–Kier alpha value is -2.20. The van der Waals surface area contributed by atoms with Crippen LogP contribution in [0.5, 0.6) is 5.75 Å². The van der Waals surface area contributed by atoms with Crippen molar-refractivity contribution in [3.8, 4) is 5.75 Å². The fourth-order valence-corrected chi connectivity index (χ4v) is 3.33. The van der Waals surface area contributed by atoms with Crippen LogP contribution in [0, 0.1) is 6.92 Å². The largest absolute Gasteiger partial charge is 0.494 e. The smallest absolute Gasteiger partial charge is 0.145 e. The summed E-state index contributed by atoms with van der Waals surface area (Å²) in [6.45, 7) is 1.99. The molecule has 3 aromatic rings. The normalized spacial score (nSPS) is 10.8. The zero-order valence-corrected chi connectivity index (χ0v) is 12.8. The van der Waals surface area contributed by atoms with Crippen LogP contribution in [-0.4, -0.2) is 12.1 Å². The number of aromatic nitrogens is 1. The molecule has 0 bridgehead atoms. The van der Waals surface area contributed by atoms with E-state index in [4.69, 9.17) is 10.5 Å². The minimum Gasteiger partial charge on any atom is -0.494 e. The Balaban J connectivity index is 2.16. The fourth-order valence-electron chi connectivity index (χ4n) is 2.25. The van der Waals surface area contributed by atoms with Crippen LogP contribution < -0.4 is 10.5 Å². The Morgan fingerprint density at radius 1 is 1.05 bits per heavy atom. The summed E-state index contributed by atoms with van der Waals surface area (Å²) in [4.78, 5) is 6.78. The van der Waals surface area contributed by atoms with Crippen LogP contribution in [0.1, 0.15) is 5.69 Å². The number of nitrogens with two attached hydrogens (primary N) is 1. The second-order valence-electron chi connectivity index (χ2n) is 4.76. The molecule has 0 radical (unpaired) electrons. The van der Waals surface area contributed by atoms with Crippen molar-refractivity contribution in [1.29, 1.82) is 0 Å². The summed E-state index contributed by atoms with van der Waals surface area (Å²) >= 11 is 1.66. The summed E-state index contributed by atoms with van der Waals surface area (Å²) in [5.74, 6) is 0.791. The van der Waals surface area contributed by atoms with Gasteiger partial charge >= 0.3 is 0 Å². The highest BCUT2D eigenvalue weighted by Gasteiger charge is 2.10.